The summed E-state index contributed by atoms with van der Waals surface area (Å²) < 4.78 is 10.9. The Morgan fingerprint density at radius 2 is 1.77 bits per heavy atom. The Morgan fingerprint density at radius 3 is 2.38 bits per heavy atom. The molecular formula is C22H29NO3. The van der Waals surface area contributed by atoms with Gasteiger partial charge in [-0.05, 0) is 62.1 Å². The van der Waals surface area contributed by atoms with Crippen molar-refractivity contribution >= 4 is 0 Å². The number of aryl methyl sites for hydroxylation is 2. The Balaban J connectivity index is 1.53. The number of nitrogens with zero attached hydrogens (tertiary/aromatic N) is 1. The smallest absolute Gasteiger partial charge is 0.119 e. The van der Waals surface area contributed by atoms with Crippen LogP contribution in [0.2, 0.25) is 0 Å². The average molecular weight is 355 g/mol. The van der Waals surface area contributed by atoms with Crippen LogP contribution in [-0.2, 0) is 6.54 Å². The zero-order valence-electron chi connectivity index (χ0n) is 15.9. The second-order valence-electron chi connectivity index (χ2n) is 7.23. The standard InChI is InChI=1S/C22H29NO3/c1-16-4-5-18(17(2)12-16)13-23(19-6-7-19)14-20(24)15-26-22-10-8-21(25-3)9-11-22/h4-5,8-12,19-20,24H,6-7,13-15H2,1-3H3/t20-/m1/s1. The van der Waals surface area contributed by atoms with Gasteiger partial charge in [0.1, 0.15) is 24.2 Å². The summed E-state index contributed by atoms with van der Waals surface area (Å²) >= 11 is 0. The van der Waals surface area contributed by atoms with Crippen LogP contribution in [0.15, 0.2) is 42.5 Å². The first-order chi connectivity index (χ1) is 12.5. The quantitative estimate of drug-likeness (QED) is 0.744. The summed E-state index contributed by atoms with van der Waals surface area (Å²) in [5, 5.41) is 10.5. The second kappa shape index (κ2) is 8.56. The Morgan fingerprint density at radius 1 is 1.08 bits per heavy atom. The van der Waals surface area contributed by atoms with Gasteiger partial charge < -0.3 is 14.6 Å². The largest absolute Gasteiger partial charge is 0.497 e. The van der Waals surface area contributed by atoms with E-state index in [0.717, 1.165) is 18.0 Å². The summed E-state index contributed by atoms with van der Waals surface area (Å²) in [4.78, 5) is 2.39. The lowest BCUT2D eigenvalue weighted by atomic mass is 10.1. The molecule has 4 heteroatoms. The van der Waals surface area contributed by atoms with Gasteiger partial charge in [0.05, 0.1) is 7.11 Å². The van der Waals surface area contributed by atoms with Crippen molar-refractivity contribution < 1.29 is 14.6 Å². The molecule has 1 aliphatic carbocycles. The third kappa shape index (κ3) is 5.23. The maximum absolute atomic E-state index is 10.5. The molecular weight excluding hydrogens is 326 g/mol. The summed E-state index contributed by atoms with van der Waals surface area (Å²) in [7, 11) is 1.64. The van der Waals surface area contributed by atoms with Crippen molar-refractivity contribution in [3.05, 3.63) is 59.2 Å². The molecule has 0 heterocycles. The summed E-state index contributed by atoms with van der Waals surface area (Å²) in [5.41, 5.74) is 3.95. The molecule has 1 atom stereocenters. The summed E-state index contributed by atoms with van der Waals surface area (Å²) in [6, 6.07) is 14.6. The van der Waals surface area contributed by atoms with Crippen molar-refractivity contribution in [2.24, 2.45) is 0 Å². The molecule has 1 saturated carbocycles. The second-order valence-corrected chi connectivity index (χ2v) is 7.23. The Bertz CT molecular complexity index is 710. The molecule has 0 spiro atoms. The van der Waals surface area contributed by atoms with E-state index in [9.17, 15) is 5.11 Å². The van der Waals surface area contributed by atoms with Gasteiger partial charge in [0.15, 0.2) is 0 Å². The van der Waals surface area contributed by atoms with Crippen LogP contribution in [0.5, 0.6) is 11.5 Å². The molecule has 26 heavy (non-hydrogen) atoms. The number of aliphatic hydroxyl groups is 1. The zero-order chi connectivity index (χ0) is 18.5. The molecule has 0 amide bonds. The van der Waals surface area contributed by atoms with Gasteiger partial charge >= 0.3 is 0 Å². The zero-order valence-corrected chi connectivity index (χ0v) is 15.9. The van der Waals surface area contributed by atoms with Gasteiger partial charge in [-0.1, -0.05) is 23.8 Å². The number of methoxy groups -OCH3 is 1. The SMILES string of the molecule is COc1ccc(OC[C@H](O)CN(Cc2ccc(C)cc2C)C2CC2)cc1. The van der Waals surface area contributed by atoms with E-state index in [0.29, 0.717) is 19.2 Å². The number of benzene rings is 2. The predicted molar refractivity (Wildman–Crippen MR) is 104 cm³/mol. The highest BCUT2D eigenvalue weighted by molar-refractivity contribution is 5.31. The van der Waals surface area contributed by atoms with Crippen molar-refractivity contribution in [2.45, 2.75) is 45.4 Å². The number of rotatable bonds is 9. The lowest BCUT2D eigenvalue weighted by Gasteiger charge is -2.26. The first-order valence-electron chi connectivity index (χ1n) is 9.30. The Labute approximate surface area is 156 Å². The Hall–Kier alpha value is -2.04. The minimum Gasteiger partial charge on any atom is -0.497 e. The van der Waals surface area contributed by atoms with Crippen LogP contribution in [0.25, 0.3) is 0 Å². The van der Waals surface area contributed by atoms with Gasteiger partial charge in [-0.25, -0.2) is 0 Å². The van der Waals surface area contributed by atoms with Crippen LogP contribution < -0.4 is 9.47 Å². The van der Waals surface area contributed by atoms with Crippen LogP contribution in [0, 0.1) is 13.8 Å². The van der Waals surface area contributed by atoms with Gasteiger partial charge in [0.2, 0.25) is 0 Å². The van der Waals surface area contributed by atoms with E-state index in [1.165, 1.54) is 29.5 Å². The number of ether oxygens (including phenoxy) is 2. The van der Waals surface area contributed by atoms with E-state index in [1.54, 1.807) is 7.11 Å². The molecule has 3 rings (SSSR count). The summed E-state index contributed by atoms with van der Waals surface area (Å²) in [6.07, 6.45) is 1.93. The van der Waals surface area contributed by atoms with Crippen LogP contribution in [0.3, 0.4) is 0 Å². The van der Waals surface area contributed by atoms with Crippen LogP contribution >= 0.6 is 0 Å². The minimum absolute atomic E-state index is 0.294. The normalized spacial score (nSPS) is 15.1. The molecule has 1 aliphatic rings. The summed E-state index contributed by atoms with van der Waals surface area (Å²) in [6.45, 7) is 6.10. The van der Waals surface area contributed by atoms with Gasteiger partial charge in [-0.2, -0.15) is 0 Å². The molecule has 1 fully saturated rings. The molecule has 4 nitrogen and oxygen atoms in total. The monoisotopic (exact) mass is 355 g/mol. The highest BCUT2D eigenvalue weighted by atomic mass is 16.5. The van der Waals surface area contributed by atoms with Crippen LogP contribution in [0.4, 0.5) is 0 Å². The van der Waals surface area contributed by atoms with Crippen molar-refractivity contribution in [1.29, 1.82) is 0 Å². The van der Waals surface area contributed by atoms with E-state index in [4.69, 9.17) is 9.47 Å². The average Bonchev–Trinajstić information content (AvgIpc) is 3.47. The van der Waals surface area contributed by atoms with Gasteiger partial charge in [0.25, 0.3) is 0 Å². The molecule has 2 aromatic rings. The highest BCUT2D eigenvalue weighted by Gasteiger charge is 2.30. The van der Waals surface area contributed by atoms with Gasteiger partial charge in [-0.3, -0.25) is 4.90 Å². The maximum Gasteiger partial charge on any atom is 0.119 e. The van der Waals surface area contributed by atoms with E-state index in [1.807, 2.05) is 24.3 Å². The molecule has 0 radical (unpaired) electrons. The van der Waals surface area contributed by atoms with Crippen LogP contribution in [-0.4, -0.2) is 42.4 Å². The molecule has 140 valence electrons. The lowest BCUT2D eigenvalue weighted by molar-refractivity contribution is 0.0625. The van der Waals surface area contributed by atoms with E-state index < -0.39 is 6.10 Å². The molecule has 0 bridgehead atoms. The Kier molecular flexibility index (Phi) is 6.17. The molecule has 1 N–H and O–H groups in total. The molecule has 0 saturated heterocycles. The molecule has 0 unspecified atom stereocenters. The maximum atomic E-state index is 10.5. The topological polar surface area (TPSA) is 41.9 Å². The number of hydrogen-bond acceptors (Lipinski definition) is 4. The highest BCUT2D eigenvalue weighted by Crippen LogP contribution is 2.29. The van der Waals surface area contributed by atoms with E-state index in [2.05, 4.69) is 36.9 Å². The van der Waals surface area contributed by atoms with Crippen LogP contribution in [0.1, 0.15) is 29.5 Å². The number of aliphatic hydroxyl groups excluding tert-OH is 1. The van der Waals surface area contributed by atoms with Gasteiger partial charge in [0, 0.05) is 19.1 Å². The van der Waals surface area contributed by atoms with Crippen molar-refractivity contribution in [3.8, 4) is 11.5 Å². The first-order valence-corrected chi connectivity index (χ1v) is 9.30. The molecule has 2 aromatic carbocycles. The van der Waals surface area contributed by atoms with E-state index >= 15 is 0 Å². The summed E-state index contributed by atoms with van der Waals surface area (Å²) in [5.74, 6) is 1.54. The third-order valence-electron chi connectivity index (χ3n) is 4.88. The fourth-order valence-electron chi connectivity index (χ4n) is 3.21. The van der Waals surface area contributed by atoms with Crippen molar-refractivity contribution in [1.82, 2.24) is 4.90 Å². The predicted octanol–water partition coefficient (Wildman–Crippen LogP) is 3.72. The number of hydrogen-bond donors (Lipinski definition) is 1. The van der Waals surface area contributed by atoms with Crippen molar-refractivity contribution in [2.75, 3.05) is 20.3 Å². The fraction of sp³-hybridized carbons (Fsp3) is 0.455. The first kappa shape index (κ1) is 18.7. The van der Waals surface area contributed by atoms with E-state index in [-0.39, 0.29) is 0 Å². The third-order valence-corrected chi connectivity index (χ3v) is 4.88. The van der Waals surface area contributed by atoms with Gasteiger partial charge in [-0.15, -0.1) is 0 Å². The molecule has 0 aliphatic heterocycles. The van der Waals surface area contributed by atoms with Crippen molar-refractivity contribution in [3.63, 3.8) is 0 Å². The fourth-order valence-corrected chi connectivity index (χ4v) is 3.21. The molecule has 0 aromatic heterocycles. The lowest BCUT2D eigenvalue weighted by Crippen LogP contribution is -2.36. The minimum atomic E-state index is -0.511.